The first-order valence-electron chi connectivity index (χ1n) is 4.48. The molecule has 0 aromatic rings. The minimum absolute atomic E-state index is 0.559. The molecular formula is C9H16N2O. The van der Waals surface area contributed by atoms with Gasteiger partial charge in [0.15, 0.2) is 0 Å². The summed E-state index contributed by atoms with van der Waals surface area (Å²) >= 11 is 0. The van der Waals surface area contributed by atoms with E-state index in [4.69, 9.17) is 10.00 Å². The second kappa shape index (κ2) is 5.13. The molecule has 1 atom stereocenters. The maximum absolute atomic E-state index is 8.43. The highest BCUT2D eigenvalue weighted by Gasteiger charge is 2.23. The molecule has 3 nitrogen and oxygen atoms in total. The topological polar surface area (TPSA) is 36.3 Å². The molecule has 3 heteroatoms. The van der Waals surface area contributed by atoms with Gasteiger partial charge in [0.1, 0.15) is 0 Å². The molecule has 1 aliphatic rings. The first kappa shape index (κ1) is 9.50. The van der Waals surface area contributed by atoms with Crippen LogP contribution in [0.2, 0.25) is 0 Å². The van der Waals surface area contributed by atoms with Crippen molar-refractivity contribution in [2.45, 2.75) is 25.3 Å². The van der Waals surface area contributed by atoms with E-state index in [0.717, 1.165) is 19.7 Å². The van der Waals surface area contributed by atoms with Crippen molar-refractivity contribution in [1.29, 1.82) is 5.26 Å². The van der Waals surface area contributed by atoms with E-state index in [9.17, 15) is 0 Å². The van der Waals surface area contributed by atoms with Gasteiger partial charge in [-0.1, -0.05) is 0 Å². The maximum Gasteiger partial charge on any atom is 0.0635 e. The molecule has 0 aromatic carbocycles. The molecule has 0 unspecified atom stereocenters. The molecule has 1 fully saturated rings. The molecule has 1 saturated heterocycles. The van der Waals surface area contributed by atoms with Crippen molar-refractivity contribution >= 4 is 0 Å². The minimum atomic E-state index is 0.559. The molecule has 1 rings (SSSR count). The summed E-state index contributed by atoms with van der Waals surface area (Å²) in [6.07, 6.45) is 3.11. The number of likely N-dealkylation sites (tertiary alicyclic amines) is 1. The van der Waals surface area contributed by atoms with Crippen molar-refractivity contribution in [3.05, 3.63) is 0 Å². The zero-order chi connectivity index (χ0) is 8.81. The highest BCUT2D eigenvalue weighted by atomic mass is 16.5. The molecule has 0 bridgehead atoms. The van der Waals surface area contributed by atoms with E-state index < -0.39 is 0 Å². The van der Waals surface area contributed by atoms with Gasteiger partial charge in [0, 0.05) is 26.1 Å². The highest BCUT2D eigenvalue weighted by molar-refractivity contribution is 4.81. The standard InChI is InChI=1S/C9H16N2O/c1-12-8-9-4-2-6-11(9)7-3-5-10/h9H,2-4,6-8H2,1H3/t9-/m0/s1. The monoisotopic (exact) mass is 168 g/mol. The number of hydrogen-bond acceptors (Lipinski definition) is 3. The van der Waals surface area contributed by atoms with Crippen LogP contribution in [-0.2, 0) is 4.74 Å². The normalized spacial score (nSPS) is 24.2. The predicted octanol–water partition coefficient (Wildman–Crippen LogP) is 1.01. The lowest BCUT2D eigenvalue weighted by molar-refractivity contribution is 0.117. The lowest BCUT2D eigenvalue weighted by Gasteiger charge is -2.22. The van der Waals surface area contributed by atoms with Crippen molar-refractivity contribution in [1.82, 2.24) is 4.90 Å². The first-order valence-corrected chi connectivity index (χ1v) is 4.48. The molecule has 1 heterocycles. The van der Waals surface area contributed by atoms with E-state index in [2.05, 4.69) is 11.0 Å². The van der Waals surface area contributed by atoms with E-state index in [0.29, 0.717) is 12.5 Å². The number of nitriles is 1. The van der Waals surface area contributed by atoms with Gasteiger partial charge in [-0.3, -0.25) is 4.90 Å². The average molecular weight is 168 g/mol. The van der Waals surface area contributed by atoms with Crippen LogP contribution in [0.4, 0.5) is 0 Å². The summed E-state index contributed by atoms with van der Waals surface area (Å²) < 4.78 is 5.11. The first-order chi connectivity index (χ1) is 5.88. The number of methoxy groups -OCH3 is 1. The minimum Gasteiger partial charge on any atom is -0.383 e. The summed E-state index contributed by atoms with van der Waals surface area (Å²) in [6, 6.07) is 2.73. The molecule has 0 saturated carbocycles. The second-order valence-electron chi connectivity index (χ2n) is 3.20. The summed E-state index contributed by atoms with van der Waals surface area (Å²) in [5.74, 6) is 0. The van der Waals surface area contributed by atoms with Crippen LogP contribution in [0, 0.1) is 11.3 Å². The Bertz CT molecular complexity index is 164. The Balaban J connectivity index is 2.26. The largest absolute Gasteiger partial charge is 0.383 e. The highest BCUT2D eigenvalue weighted by Crippen LogP contribution is 2.16. The molecular weight excluding hydrogens is 152 g/mol. The van der Waals surface area contributed by atoms with Gasteiger partial charge in [0.25, 0.3) is 0 Å². The lowest BCUT2D eigenvalue weighted by Crippen LogP contribution is -2.33. The van der Waals surface area contributed by atoms with Crippen LogP contribution in [0.15, 0.2) is 0 Å². The van der Waals surface area contributed by atoms with E-state index >= 15 is 0 Å². The number of hydrogen-bond donors (Lipinski definition) is 0. The van der Waals surface area contributed by atoms with Crippen molar-refractivity contribution in [3.8, 4) is 6.07 Å². The van der Waals surface area contributed by atoms with Gasteiger partial charge in [0.2, 0.25) is 0 Å². The van der Waals surface area contributed by atoms with E-state index in [1.165, 1.54) is 12.8 Å². The van der Waals surface area contributed by atoms with Crippen LogP contribution >= 0.6 is 0 Å². The molecule has 0 aliphatic carbocycles. The Kier molecular flexibility index (Phi) is 4.06. The van der Waals surface area contributed by atoms with Gasteiger partial charge in [0.05, 0.1) is 12.7 Å². The van der Waals surface area contributed by atoms with Gasteiger partial charge >= 0.3 is 0 Å². The molecule has 0 N–H and O–H groups in total. The van der Waals surface area contributed by atoms with Crippen LogP contribution < -0.4 is 0 Å². The predicted molar refractivity (Wildman–Crippen MR) is 46.7 cm³/mol. The SMILES string of the molecule is COC[C@@H]1CCCN1CCC#N. The molecule has 0 aromatic heterocycles. The Hall–Kier alpha value is -0.590. The molecule has 0 spiro atoms. The maximum atomic E-state index is 8.43. The molecule has 0 radical (unpaired) electrons. The Labute approximate surface area is 73.9 Å². The fourth-order valence-corrected chi connectivity index (χ4v) is 1.76. The smallest absolute Gasteiger partial charge is 0.0635 e. The Morgan fingerprint density at radius 3 is 3.17 bits per heavy atom. The van der Waals surface area contributed by atoms with Gasteiger partial charge < -0.3 is 4.74 Å². The third kappa shape index (κ3) is 2.47. The molecule has 0 amide bonds. The van der Waals surface area contributed by atoms with Crippen molar-refractivity contribution in [2.75, 3.05) is 26.8 Å². The fraction of sp³-hybridized carbons (Fsp3) is 0.889. The Morgan fingerprint density at radius 1 is 1.67 bits per heavy atom. The van der Waals surface area contributed by atoms with Gasteiger partial charge in [-0.25, -0.2) is 0 Å². The second-order valence-corrected chi connectivity index (χ2v) is 3.20. The zero-order valence-electron chi connectivity index (χ0n) is 7.62. The number of rotatable bonds is 4. The molecule has 12 heavy (non-hydrogen) atoms. The molecule has 1 aliphatic heterocycles. The summed E-state index contributed by atoms with van der Waals surface area (Å²) in [6.45, 7) is 2.85. The van der Waals surface area contributed by atoms with Crippen molar-refractivity contribution < 1.29 is 4.74 Å². The number of nitrogens with zero attached hydrogens (tertiary/aromatic N) is 2. The van der Waals surface area contributed by atoms with Crippen molar-refractivity contribution in [2.24, 2.45) is 0 Å². The Morgan fingerprint density at radius 2 is 2.50 bits per heavy atom. The van der Waals surface area contributed by atoms with E-state index in [-0.39, 0.29) is 0 Å². The van der Waals surface area contributed by atoms with Gasteiger partial charge in [-0.15, -0.1) is 0 Å². The fourth-order valence-electron chi connectivity index (χ4n) is 1.76. The average Bonchev–Trinajstić information content (AvgIpc) is 2.50. The summed E-state index contributed by atoms with van der Waals surface area (Å²) in [5.41, 5.74) is 0. The van der Waals surface area contributed by atoms with Crippen LogP contribution in [0.1, 0.15) is 19.3 Å². The van der Waals surface area contributed by atoms with E-state index in [1.807, 2.05) is 0 Å². The van der Waals surface area contributed by atoms with Crippen LogP contribution in [0.3, 0.4) is 0 Å². The summed E-state index contributed by atoms with van der Waals surface area (Å²) in [7, 11) is 1.74. The zero-order valence-corrected chi connectivity index (χ0v) is 7.62. The third-order valence-electron chi connectivity index (χ3n) is 2.37. The summed E-state index contributed by atoms with van der Waals surface area (Å²) in [5, 5.41) is 8.43. The van der Waals surface area contributed by atoms with Gasteiger partial charge in [-0.2, -0.15) is 5.26 Å². The van der Waals surface area contributed by atoms with Crippen molar-refractivity contribution in [3.63, 3.8) is 0 Å². The lowest BCUT2D eigenvalue weighted by atomic mass is 10.2. The number of ether oxygens (including phenoxy) is 1. The van der Waals surface area contributed by atoms with Crippen LogP contribution in [0.25, 0.3) is 0 Å². The quantitative estimate of drug-likeness (QED) is 0.628. The molecule has 68 valence electrons. The van der Waals surface area contributed by atoms with Crippen LogP contribution in [-0.4, -0.2) is 37.7 Å². The van der Waals surface area contributed by atoms with Gasteiger partial charge in [-0.05, 0) is 19.4 Å². The summed E-state index contributed by atoms with van der Waals surface area (Å²) in [4.78, 5) is 2.35. The van der Waals surface area contributed by atoms with E-state index in [1.54, 1.807) is 7.11 Å². The third-order valence-corrected chi connectivity index (χ3v) is 2.37. The van der Waals surface area contributed by atoms with Crippen LogP contribution in [0.5, 0.6) is 0 Å².